The summed E-state index contributed by atoms with van der Waals surface area (Å²) in [4.78, 5) is 22.1. The molecule has 1 atom stereocenters. The molecule has 0 spiro atoms. The van der Waals surface area contributed by atoms with Crippen molar-refractivity contribution in [2.24, 2.45) is 11.8 Å². The van der Waals surface area contributed by atoms with Gasteiger partial charge in [0.2, 0.25) is 0 Å². The van der Waals surface area contributed by atoms with Gasteiger partial charge in [-0.15, -0.1) is 0 Å². The predicted octanol–water partition coefficient (Wildman–Crippen LogP) is 2.78. The van der Waals surface area contributed by atoms with Gasteiger partial charge in [0.15, 0.2) is 0 Å². The third kappa shape index (κ3) is 10.4. The Kier molecular flexibility index (Phi) is 10.5. The summed E-state index contributed by atoms with van der Waals surface area (Å²) >= 11 is 0. The molecule has 0 aromatic heterocycles. The first-order valence-electron chi connectivity index (χ1n) is 7.32. The molecule has 0 heterocycles. The third-order valence-electron chi connectivity index (χ3n) is 3.30. The number of rotatable bonds is 10. The minimum Gasteiger partial charge on any atom is -0.481 e. The summed E-state index contributed by atoms with van der Waals surface area (Å²) in [6.07, 6.45) is 6.45. The van der Waals surface area contributed by atoms with Crippen molar-refractivity contribution in [3.63, 3.8) is 0 Å². The molecule has 0 aromatic rings. The number of hydrogen-bond acceptors (Lipinski definition) is 2. The average Bonchev–Trinajstić information content (AvgIpc) is 2.38. The van der Waals surface area contributed by atoms with Gasteiger partial charge in [0.1, 0.15) is 0 Å². The zero-order valence-corrected chi connectivity index (χ0v) is 12.8. The SMILES string of the molecule is C/C=C/CCNC(=O)NCCC(CCC(=O)O)C(C)C. The number of carboxylic acid groups (broad SMARTS) is 1. The second kappa shape index (κ2) is 11.3. The van der Waals surface area contributed by atoms with Gasteiger partial charge in [0, 0.05) is 19.5 Å². The number of amides is 2. The minimum atomic E-state index is -0.759. The molecule has 0 aliphatic rings. The van der Waals surface area contributed by atoms with Gasteiger partial charge in [-0.2, -0.15) is 0 Å². The smallest absolute Gasteiger partial charge is 0.314 e. The molecule has 5 nitrogen and oxygen atoms in total. The fourth-order valence-corrected chi connectivity index (χ4v) is 1.99. The van der Waals surface area contributed by atoms with Gasteiger partial charge in [-0.3, -0.25) is 4.79 Å². The lowest BCUT2D eigenvalue weighted by molar-refractivity contribution is -0.137. The zero-order chi connectivity index (χ0) is 15.4. The first-order chi connectivity index (χ1) is 9.47. The van der Waals surface area contributed by atoms with Crippen molar-refractivity contribution in [2.45, 2.75) is 46.5 Å². The Balaban J connectivity index is 3.81. The Morgan fingerprint density at radius 1 is 1.15 bits per heavy atom. The highest BCUT2D eigenvalue weighted by atomic mass is 16.4. The molecule has 5 heteroatoms. The summed E-state index contributed by atoms with van der Waals surface area (Å²) in [6.45, 7) is 7.33. The van der Waals surface area contributed by atoms with E-state index < -0.39 is 5.97 Å². The monoisotopic (exact) mass is 284 g/mol. The van der Waals surface area contributed by atoms with E-state index >= 15 is 0 Å². The van der Waals surface area contributed by atoms with Gasteiger partial charge in [-0.1, -0.05) is 26.0 Å². The molecule has 0 rings (SSSR count). The fourth-order valence-electron chi connectivity index (χ4n) is 1.99. The van der Waals surface area contributed by atoms with E-state index in [4.69, 9.17) is 5.11 Å². The Hall–Kier alpha value is -1.52. The fraction of sp³-hybridized carbons (Fsp3) is 0.733. The predicted molar refractivity (Wildman–Crippen MR) is 80.6 cm³/mol. The highest BCUT2D eigenvalue weighted by molar-refractivity contribution is 5.73. The molecule has 0 aliphatic heterocycles. The number of carboxylic acids is 1. The van der Waals surface area contributed by atoms with E-state index in [1.807, 2.05) is 19.1 Å². The maximum absolute atomic E-state index is 11.5. The number of hydrogen-bond donors (Lipinski definition) is 3. The second-order valence-electron chi connectivity index (χ2n) is 5.27. The van der Waals surface area contributed by atoms with E-state index in [-0.39, 0.29) is 12.5 Å². The molecule has 20 heavy (non-hydrogen) atoms. The molecule has 0 aliphatic carbocycles. The van der Waals surface area contributed by atoms with Crippen LogP contribution in [0.5, 0.6) is 0 Å². The normalized spacial score (nSPS) is 12.6. The number of carbonyl (C=O) groups is 2. The molecule has 3 N–H and O–H groups in total. The van der Waals surface area contributed by atoms with Crippen molar-refractivity contribution in [3.05, 3.63) is 12.2 Å². The van der Waals surface area contributed by atoms with Gasteiger partial charge >= 0.3 is 12.0 Å². The molecular weight excluding hydrogens is 256 g/mol. The standard InChI is InChI=1S/C15H28N2O3/c1-4-5-6-10-16-15(20)17-11-9-13(12(2)3)7-8-14(18)19/h4-5,12-13H,6-11H2,1-3H3,(H,18,19)(H2,16,17,20)/b5-4+. The van der Waals surface area contributed by atoms with E-state index in [0.29, 0.717) is 31.3 Å². The average molecular weight is 284 g/mol. The van der Waals surface area contributed by atoms with Crippen molar-refractivity contribution in [1.82, 2.24) is 10.6 Å². The Bertz CT molecular complexity index is 314. The van der Waals surface area contributed by atoms with Crippen molar-refractivity contribution in [3.8, 4) is 0 Å². The number of nitrogens with one attached hydrogen (secondary N) is 2. The molecule has 0 bridgehead atoms. The van der Waals surface area contributed by atoms with Gasteiger partial charge in [-0.25, -0.2) is 4.79 Å². The zero-order valence-electron chi connectivity index (χ0n) is 12.8. The van der Waals surface area contributed by atoms with E-state index in [9.17, 15) is 9.59 Å². The Labute approximate surface area is 121 Å². The molecular formula is C15H28N2O3. The van der Waals surface area contributed by atoms with Crippen molar-refractivity contribution >= 4 is 12.0 Å². The molecule has 0 fully saturated rings. The summed E-state index contributed by atoms with van der Waals surface area (Å²) in [6, 6.07) is -0.157. The highest BCUT2D eigenvalue weighted by Crippen LogP contribution is 2.20. The first-order valence-corrected chi connectivity index (χ1v) is 7.32. The van der Waals surface area contributed by atoms with E-state index in [2.05, 4.69) is 24.5 Å². The lowest BCUT2D eigenvalue weighted by Crippen LogP contribution is -2.37. The summed E-state index contributed by atoms with van der Waals surface area (Å²) in [5, 5.41) is 14.3. The van der Waals surface area contributed by atoms with Gasteiger partial charge in [-0.05, 0) is 38.0 Å². The molecule has 0 saturated heterocycles. The van der Waals surface area contributed by atoms with Crippen LogP contribution < -0.4 is 10.6 Å². The maximum Gasteiger partial charge on any atom is 0.314 e. The summed E-state index contributed by atoms with van der Waals surface area (Å²) in [7, 11) is 0. The van der Waals surface area contributed by atoms with Crippen LogP contribution in [0.15, 0.2) is 12.2 Å². The lowest BCUT2D eigenvalue weighted by atomic mass is 9.88. The van der Waals surface area contributed by atoms with Crippen LogP contribution in [0.25, 0.3) is 0 Å². The molecule has 0 saturated carbocycles. The minimum absolute atomic E-state index is 0.157. The van der Waals surface area contributed by atoms with Gasteiger partial charge < -0.3 is 15.7 Å². The molecule has 0 aromatic carbocycles. The topological polar surface area (TPSA) is 78.4 Å². The van der Waals surface area contributed by atoms with Crippen LogP contribution in [0.1, 0.15) is 46.5 Å². The lowest BCUT2D eigenvalue weighted by Gasteiger charge is -2.20. The summed E-state index contributed by atoms with van der Waals surface area (Å²) < 4.78 is 0. The number of aliphatic carboxylic acids is 1. The highest BCUT2D eigenvalue weighted by Gasteiger charge is 2.15. The van der Waals surface area contributed by atoms with Crippen LogP contribution in [0, 0.1) is 11.8 Å². The molecule has 0 radical (unpaired) electrons. The maximum atomic E-state index is 11.5. The molecule has 1 unspecified atom stereocenters. The van der Waals surface area contributed by atoms with E-state index in [1.54, 1.807) is 0 Å². The van der Waals surface area contributed by atoms with Crippen molar-refractivity contribution in [2.75, 3.05) is 13.1 Å². The number of allylic oxidation sites excluding steroid dienone is 1. The first kappa shape index (κ1) is 18.5. The Morgan fingerprint density at radius 2 is 1.80 bits per heavy atom. The summed E-state index contributed by atoms with van der Waals surface area (Å²) in [5.41, 5.74) is 0. The van der Waals surface area contributed by atoms with Crippen molar-refractivity contribution < 1.29 is 14.7 Å². The number of carbonyl (C=O) groups excluding carboxylic acids is 1. The van der Waals surface area contributed by atoms with E-state index in [0.717, 1.165) is 12.8 Å². The second-order valence-corrected chi connectivity index (χ2v) is 5.27. The van der Waals surface area contributed by atoms with E-state index in [1.165, 1.54) is 0 Å². The molecule has 2 amide bonds. The van der Waals surface area contributed by atoms with Crippen LogP contribution in [0.3, 0.4) is 0 Å². The number of urea groups is 1. The van der Waals surface area contributed by atoms with Crippen LogP contribution >= 0.6 is 0 Å². The van der Waals surface area contributed by atoms with Gasteiger partial charge in [0.25, 0.3) is 0 Å². The summed E-state index contributed by atoms with van der Waals surface area (Å²) in [5.74, 6) is -0.00587. The Morgan fingerprint density at radius 3 is 2.35 bits per heavy atom. The van der Waals surface area contributed by atoms with Gasteiger partial charge in [0.05, 0.1) is 0 Å². The quantitative estimate of drug-likeness (QED) is 0.426. The third-order valence-corrected chi connectivity index (χ3v) is 3.30. The van der Waals surface area contributed by atoms with Crippen LogP contribution in [0.2, 0.25) is 0 Å². The van der Waals surface area contributed by atoms with Crippen LogP contribution in [-0.2, 0) is 4.79 Å². The molecule has 116 valence electrons. The van der Waals surface area contributed by atoms with Crippen molar-refractivity contribution in [1.29, 1.82) is 0 Å². The largest absolute Gasteiger partial charge is 0.481 e. The van der Waals surface area contributed by atoms with Crippen LogP contribution in [0.4, 0.5) is 4.79 Å². The van der Waals surface area contributed by atoms with Crippen LogP contribution in [-0.4, -0.2) is 30.2 Å².